The summed E-state index contributed by atoms with van der Waals surface area (Å²) in [6.45, 7) is 1.47. The highest BCUT2D eigenvalue weighted by Gasteiger charge is 2.26. The number of thioether (sulfide) groups is 1. The number of halogens is 3. The summed E-state index contributed by atoms with van der Waals surface area (Å²) in [5, 5.41) is 30.0. The van der Waals surface area contributed by atoms with Crippen molar-refractivity contribution >= 4 is 46.6 Å². The number of ether oxygens (including phenoxy) is 1. The highest BCUT2D eigenvalue weighted by molar-refractivity contribution is 7.99. The smallest absolute Gasteiger partial charge is 0.220 e. The molecule has 0 aliphatic carbocycles. The molecular weight excluding hydrogens is 557 g/mol. The fraction of sp³-hybridized carbons (Fsp3) is 0.160. The zero-order chi connectivity index (χ0) is 26.5. The molecule has 0 unspecified atom stereocenters. The van der Waals surface area contributed by atoms with Gasteiger partial charge in [-0.25, -0.2) is 0 Å². The van der Waals surface area contributed by atoms with Crippen LogP contribution in [0.1, 0.15) is 27.8 Å². The molecule has 188 valence electrons. The molecule has 37 heavy (non-hydrogen) atoms. The Morgan fingerprint density at radius 3 is 2.43 bits per heavy atom. The number of hydrogen-bond donors (Lipinski definition) is 0. The molecule has 3 aromatic carbocycles. The lowest BCUT2D eigenvalue weighted by Gasteiger charge is -2.17. The second kappa shape index (κ2) is 11.8. The van der Waals surface area contributed by atoms with Gasteiger partial charge in [-0.05, 0) is 55.0 Å². The van der Waals surface area contributed by atoms with Crippen molar-refractivity contribution in [1.82, 2.24) is 14.8 Å². The molecule has 4 aromatic rings. The Balaban J connectivity index is 1.62. The summed E-state index contributed by atoms with van der Waals surface area (Å²) in [5.41, 5.74) is 2.46. The molecular formula is C25H18Cl3N5O3S. The van der Waals surface area contributed by atoms with Gasteiger partial charge in [-0.3, -0.25) is 14.7 Å². The number of aromatic nitrogens is 3. The van der Waals surface area contributed by atoms with Crippen molar-refractivity contribution in [3.63, 3.8) is 0 Å². The van der Waals surface area contributed by atoms with Gasteiger partial charge in [-0.2, -0.15) is 5.26 Å². The molecule has 0 radical (unpaired) electrons. The van der Waals surface area contributed by atoms with Crippen molar-refractivity contribution in [1.29, 1.82) is 5.26 Å². The number of nitro groups is 1. The number of nitrogens with zero attached hydrogens (tertiary/aromatic N) is 5. The predicted molar refractivity (Wildman–Crippen MR) is 144 cm³/mol. The first-order valence-corrected chi connectivity index (χ1v) is 12.8. The molecule has 0 fully saturated rings. The van der Waals surface area contributed by atoms with E-state index in [0.29, 0.717) is 32.7 Å². The van der Waals surface area contributed by atoms with Crippen LogP contribution in [0.2, 0.25) is 15.1 Å². The first-order chi connectivity index (χ1) is 17.8. The lowest BCUT2D eigenvalue weighted by molar-refractivity contribution is -0.479. The Bertz CT molecular complexity index is 1460. The molecule has 0 N–H and O–H groups in total. The van der Waals surface area contributed by atoms with Crippen LogP contribution >= 0.6 is 46.6 Å². The Morgan fingerprint density at radius 2 is 1.78 bits per heavy atom. The minimum absolute atomic E-state index is 0.0824. The third kappa shape index (κ3) is 6.35. The first kappa shape index (κ1) is 26.8. The van der Waals surface area contributed by atoms with E-state index in [-0.39, 0.29) is 22.4 Å². The molecule has 4 rings (SSSR count). The van der Waals surface area contributed by atoms with Crippen LogP contribution < -0.4 is 4.74 Å². The zero-order valence-electron chi connectivity index (χ0n) is 19.3. The second-order valence-electron chi connectivity index (χ2n) is 7.83. The summed E-state index contributed by atoms with van der Waals surface area (Å²) >= 11 is 20.2. The van der Waals surface area contributed by atoms with Gasteiger partial charge in [0, 0.05) is 21.2 Å². The van der Waals surface area contributed by atoms with Gasteiger partial charge in [0.15, 0.2) is 10.9 Å². The zero-order valence-corrected chi connectivity index (χ0v) is 22.4. The van der Waals surface area contributed by atoms with Crippen molar-refractivity contribution < 1.29 is 9.66 Å². The van der Waals surface area contributed by atoms with E-state index < -0.39 is 16.7 Å². The molecule has 1 atom stereocenters. The number of hydrogen-bond acceptors (Lipinski definition) is 7. The first-order valence-electron chi connectivity index (χ1n) is 10.8. The van der Waals surface area contributed by atoms with Crippen LogP contribution in [0.15, 0.2) is 65.8 Å². The Morgan fingerprint density at radius 1 is 1.11 bits per heavy atom. The van der Waals surface area contributed by atoms with Crippen molar-refractivity contribution in [3.8, 4) is 17.5 Å². The largest absolute Gasteiger partial charge is 0.486 e. The van der Waals surface area contributed by atoms with Crippen molar-refractivity contribution in [2.75, 3.05) is 6.54 Å². The van der Waals surface area contributed by atoms with Crippen LogP contribution in [0.25, 0.3) is 5.69 Å². The SMILES string of the molecule is Cc1nnc(S[C@@H](C[N+](=O)[O-])c2cc(Cl)c(OCc3ccccc3C#N)c(Cl)c2)n1-c1ccc(Cl)cc1. The van der Waals surface area contributed by atoms with Crippen molar-refractivity contribution in [2.24, 2.45) is 0 Å². The maximum Gasteiger partial charge on any atom is 0.220 e. The topological polar surface area (TPSA) is 107 Å². The van der Waals surface area contributed by atoms with Crippen LogP contribution in [0.3, 0.4) is 0 Å². The van der Waals surface area contributed by atoms with Gasteiger partial charge in [0.05, 0.1) is 21.7 Å². The normalized spacial score (nSPS) is 11.6. The highest BCUT2D eigenvalue weighted by Crippen LogP contribution is 2.42. The summed E-state index contributed by atoms with van der Waals surface area (Å²) < 4.78 is 7.62. The molecule has 0 spiro atoms. The average Bonchev–Trinajstić information content (AvgIpc) is 3.23. The van der Waals surface area contributed by atoms with Crippen LogP contribution in [0.4, 0.5) is 0 Å². The van der Waals surface area contributed by atoms with Gasteiger partial charge in [0.25, 0.3) is 0 Å². The molecule has 0 aliphatic heterocycles. The fourth-order valence-corrected chi connectivity index (χ4v) is 5.48. The summed E-state index contributed by atoms with van der Waals surface area (Å²) in [4.78, 5) is 11.1. The standard InChI is InChI=1S/C25H18Cl3N5O3S/c1-15-30-31-25(33(15)20-8-6-19(26)7-9-20)37-23(13-32(34)35)18-10-21(27)24(22(28)11-18)36-14-17-5-3-2-4-16(17)12-29/h2-11,23H,13-14H2,1H3/t23-/m0/s1. The molecule has 0 amide bonds. The van der Waals surface area contributed by atoms with Gasteiger partial charge in [-0.15, -0.1) is 10.2 Å². The van der Waals surface area contributed by atoms with Gasteiger partial charge in [0.1, 0.15) is 17.7 Å². The van der Waals surface area contributed by atoms with Crippen molar-refractivity contribution in [2.45, 2.75) is 23.9 Å². The van der Waals surface area contributed by atoms with E-state index in [2.05, 4.69) is 16.3 Å². The van der Waals surface area contributed by atoms with Crippen LogP contribution in [-0.2, 0) is 6.61 Å². The van der Waals surface area contributed by atoms with Gasteiger partial charge < -0.3 is 4.74 Å². The molecule has 0 bridgehead atoms. The summed E-state index contributed by atoms with van der Waals surface area (Å²) in [5.74, 6) is 0.840. The number of rotatable bonds is 9. The minimum Gasteiger partial charge on any atom is -0.486 e. The monoisotopic (exact) mass is 573 g/mol. The van der Waals surface area contributed by atoms with E-state index in [0.717, 1.165) is 5.69 Å². The van der Waals surface area contributed by atoms with Gasteiger partial charge >= 0.3 is 0 Å². The van der Waals surface area contributed by atoms with E-state index in [4.69, 9.17) is 39.5 Å². The van der Waals surface area contributed by atoms with Crippen LogP contribution in [-0.4, -0.2) is 26.2 Å². The number of aryl methyl sites for hydroxylation is 1. The molecule has 0 saturated heterocycles. The molecule has 0 saturated carbocycles. The third-order valence-electron chi connectivity index (χ3n) is 5.34. The molecule has 1 aromatic heterocycles. The lowest BCUT2D eigenvalue weighted by Crippen LogP contribution is -2.11. The van der Waals surface area contributed by atoms with E-state index in [1.165, 1.54) is 11.8 Å². The Labute approximate surface area is 231 Å². The number of benzene rings is 3. The van der Waals surface area contributed by atoms with Gasteiger partial charge in [0.2, 0.25) is 6.54 Å². The van der Waals surface area contributed by atoms with E-state index in [1.54, 1.807) is 60.0 Å². The van der Waals surface area contributed by atoms with Crippen LogP contribution in [0.5, 0.6) is 5.75 Å². The lowest BCUT2D eigenvalue weighted by atomic mass is 10.1. The molecule has 1 heterocycles. The van der Waals surface area contributed by atoms with Crippen LogP contribution in [0, 0.1) is 28.4 Å². The summed E-state index contributed by atoms with van der Waals surface area (Å²) in [6, 6.07) is 19.4. The second-order valence-corrected chi connectivity index (χ2v) is 10.3. The average molecular weight is 575 g/mol. The summed E-state index contributed by atoms with van der Waals surface area (Å²) in [6.07, 6.45) is 0. The molecule has 8 nitrogen and oxygen atoms in total. The highest BCUT2D eigenvalue weighted by atomic mass is 35.5. The number of nitriles is 1. The minimum atomic E-state index is -0.673. The summed E-state index contributed by atoms with van der Waals surface area (Å²) in [7, 11) is 0. The van der Waals surface area contributed by atoms with E-state index in [1.807, 2.05) is 12.1 Å². The molecule has 0 aliphatic rings. The third-order valence-corrected chi connectivity index (χ3v) is 7.34. The Hall–Kier alpha value is -3.29. The molecule has 12 heteroatoms. The maximum absolute atomic E-state index is 11.5. The quantitative estimate of drug-likeness (QED) is 0.119. The predicted octanol–water partition coefficient (Wildman–Crippen LogP) is 7.10. The maximum atomic E-state index is 11.5. The van der Waals surface area contributed by atoms with E-state index in [9.17, 15) is 15.4 Å². The van der Waals surface area contributed by atoms with Gasteiger partial charge in [-0.1, -0.05) is 64.8 Å². The fourth-order valence-electron chi connectivity index (χ4n) is 3.59. The Kier molecular flexibility index (Phi) is 8.56. The van der Waals surface area contributed by atoms with E-state index >= 15 is 0 Å². The van der Waals surface area contributed by atoms with Crippen molar-refractivity contribution in [3.05, 3.63) is 108 Å².